The van der Waals surface area contributed by atoms with Crippen molar-refractivity contribution >= 4 is 35.8 Å². The third-order valence-corrected chi connectivity index (χ3v) is 7.53. The normalized spacial score (nSPS) is 11.8. The van der Waals surface area contributed by atoms with Crippen molar-refractivity contribution in [3.63, 3.8) is 0 Å². The number of rotatable bonds is 17. The van der Waals surface area contributed by atoms with E-state index in [4.69, 9.17) is 14.2 Å². The van der Waals surface area contributed by atoms with Gasteiger partial charge in [-0.25, -0.2) is 14.4 Å². The van der Waals surface area contributed by atoms with E-state index in [9.17, 15) is 19.2 Å². The van der Waals surface area contributed by atoms with Gasteiger partial charge in [0.1, 0.15) is 25.3 Å². The van der Waals surface area contributed by atoms with Gasteiger partial charge in [-0.05, 0) is 36.0 Å². The molecule has 0 saturated heterocycles. The molecule has 0 bridgehead atoms. The van der Waals surface area contributed by atoms with Gasteiger partial charge in [0.2, 0.25) is 5.91 Å². The number of unbranched alkanes of at least 4 members (excludes halogenated alkanes) is 1. The molecule has 0 spiro atoms. The number of ether oxygens (including phenoxy) is 3. The van der Waals surface area contributed by atoms with Crippen molar-refractivity contribution in [2.45, 2.75) is 50.3 Å². The van der Waals surface area contributed by atoms with E-state index in [2.05, 4.69) is 16.0 Å². The highest BCUT2D eigenvalue weighted by Gasteiger charge is 2.27. The fraction of sp³-hybridized carbons (Fsp3) is 0.333. The van der Waals surface area contributed by atoms with Crippen LogP contribution in [0.15, 0.2) is 91.0 Å². The van der Waals surface area contributed by atoms with Crippen LogP contribution >= 0.6 is 11.8 Å². The van der Waals surface area contributed by atoms with E-state index >= 15 is 0 Å². The molecule has 3 amide bonds. The van der Waals surface area contributed by atoms with Crippen LogP contribution in [0.1, 0.15) is 36.0 Å². The van der Waals surface area contributed by atoms with E-state index in [-0.39, 0.29) is 25.4 Å². The summed E-state index contributed by atoms with van der Waals surface area (Å²) >= 11 is 1.48. The van der Waals surface area contributed by atoms with Crippen molar-refractivity contribution in [3.05, 3.63) is 108 Å². The van der Waals surface area contributed by atoms with E-state index in [1.54, 1.807) is 0 Å². The Labute approximate surface area is 262 Å². The third kappa shape index (κ3) is 13.2. The highest BCUT2D eigenvalue weighted by molar-refractivity contribution is 7.98. The largest absolute Gasteiger partial charge is 0.467 e. The number of nitrogens with one attached hydrogen (secondary N) is 3. The Morgan fingerprint density at radius 2 is 1.23 bits per heavy atom. The molecule has 3 N–H and O–H groups in total. The smallest absolute Gasteiger partial charge is 0.408 e. The average Bonchev–Trinajstić information content (AvgIpc) is 3.06. The lowest BCUT2D eigenvalue weighted by Gasteiger charge is -2.22. The van der Waals surface area contributed by atoms with E-state index in [1.807, 2.05) is 91.0 Å². The van der Waals surface area contributed by atoms with Gasteiger partial charge in [0.05, 0.1) is 7.11 Å². The first-order valence-electron chi connectivity index (χ1n) is 14.4. The van der Waals surface area contributed by atoms with E-state index in [0.29, 0.717) is 25.1 Å². The number of benzene rings is 3. The van der Waals surface area contributed by atoms with Crippen LogP contribution in [-0.4, -0.2) is 55.6 Å². The van der Waals surface area contributed by atoms with Gasteiger partial charge in [-0.15, -0.1) is 0 Å². The topological polar surface area (TPSA) is 132 Å². The Bertz CT molecular complexity index is 1300. The van der Waals surface area contributed by atoms with Gasteiger partial charge in [-0.2, -0.15) is 11.8 Å². The van der Waals surface area contributed by atoms with Crippen LogP contribution in [0.2, 0.25) is 0 Å². The molecule has 1 unspecified atom stereocenters. The SMILES string of the molecule is COC(=O)[C@@H](CSCc1ccccc1)NC(=O)C(CCCCNC(=O)OCc1ccccc1)NC(=O)OCc1ccccc1. The average molecular weight is 622 g/mol. The lowest BCUT2D eigenvalue weighted by atomic mass is 10.1. The molecular weight excluding hydrogens is 582 g/mol. The second-order valence-electron chi connectivity index (χ2n) is 9.83. The molecule has 0 radical (unpaired) electrons. The van der Waals surface area contributed by atoms with Crippen molar-refractivity contribution in [2.24, 2.45) is 0 Å². The molecule has 0 aromatic heterocycles. The number of carbonyl (C=O) groups is 4. The zero-order valence-electron chi connectivity index (χ0n) is 24.7. The number of esters is 1. The van der Waals surface area contributed by atoms with Crippen LogP contribution in [0, 0.1) is 0 Å². The Kier molecular flexibility index (Phi) is 15.2. The summed E-state index contributed by atoms with van der Waals surface area (Å²) in [4.78, 5) is 50.5. The van der Waals surface area contributed by atoms with Crippen molar-refractivity contribution in [2.75, 3.05) is 19.4 Å². The highest BCUT2D eigenvalue weighted by Crippen LogP contribution is 2.14. The molecule has 0 aliphatic heterocycles. The van der Waals surface area contributed by atoms with Crippen molar-refractivity contribution in [1.82, 2.24) is 16.0 Å². The molecular formula is C33H39N3O7S. The molecule has 11 heteroatoms. The predicted molar refractivity (Wildman–Crippen MR) is 169 cm³/mol. The Morgan fingerprint density at radius 1 is 0.682 bits per heavy atom. The summed E-state index contributed by atoms with van der Waals surface area (Å²) in [6, 6.07) is 26.4. The molecule has 2 atom stereocenters. The first kappa shape index (κ1) is 34.0. The summed E-state index contributed by atoms with van der Waals surface area (Å²) in [5, 5.41) is 8.04. The first-order valence-corrected chi connectivity index (χ1v) is 15.5. The number of carbonyl (C=O) groups excluding carboxylic acids is 4. The summed E-state index contributed by atoms with van der Waals surface area (Å²) in [5.41, 5.74) is 2.77. The molecule has 0 aliphatic carbocycles. The lowest BCUT2D eigenvalue weighted by Crippen LogP contribution is -2.52. The van der Waals surface area contributed by atoms with Gasteiger partial charge in [-0.3, -0.25) is 4.79 Å². The Hall–Kier alpha value is -4.51. The molecule has 3 rings (SSSR count). The van der Waals surface area contributed by atoms with Crippen molar-refractivity contribution < 1.29 is 33.4 Å². The van der Waals surface area contributed by atoms with Gasteiger partial charge >= 0.3 is 18.2 Å². The summed E-state index contributed by atoms with van der Waals surface area (Å²) in [5.74, 6) is -0.179. The van der Waals surface area contributed by atoms with Crippen LogP contribution in [0.4, 0.5) is 9.59 Å². The van der Waals surface area contributed by atoms with Crippen molar-refractivity contribution in [1.29, 1.82) is 0 Å². The minimum atomic E-state index is -0.977. The second kappa shape index (κ2) is 19.6. The summed E-state index contributed by atoms with van der Waals surface area (Å²) < 4.78 is 15.4. The van der Waals surface area contributed by atoms with E-state index in [0.717, 1.165) is 16.7 Å². The minimum Gasteiger partial charge on any atom is -0.467 e. The molecule has 3 aromatic carbocycles. The van der Waals surface area contributed by atoms with Gasteiger partial charge in [0.15, 0.2) is 0 Å². The molecule has 0 aliphatic rings. The number of hydrogen-bond donors (Lipinski definition) is 3. The zero-order chi connectivity index (χ0) is 31.4. The monoisotopic (exact) mass is 621 g/mol. The van der Waals surface area contributed by atoms with Gasteiger partial charge < -0.3 is 30.2 Å². The van der Waals surface area contributed by atoms with Crippen LogP contribution in [-0.2, 0) is 42.8 Å². The molecule has 0 saturated carbocycles. The molecule has 10 nitrogen and oxygen atoms in total. The van der Waals surface area contributed by atoms with Gasteiger partial charge in [0.25, 0.3) is 0 Å². The zero-order valence-corrected chi connectivity index (χ0v) is 25.6. The maximum Gasteiger partial charge on any atom is 0.408 e. The maximum atomic E-state index is 13.3. The standard InChI is InChI=1S/C33H39N3O7S/c1-41-31(38)29(24-44-23-27-17-9-4-10-18-27)35-30(37)28(36-33(40)43-22-26-15-7-3-8-16-26)19-11-12-20-34-32(39)42-21-25-13-5-2-6-14-25/h2-10,13-18,28-29H,11-12,19-24H2,1H3,(H,34,39)(H,35,37)(H,36,40)/t28?,29-/m1/s1. The summed E-state index contributed by atoms with van der Waals surface area (Å²) in [6.45, 7) is 0.521. The minimum absolute atomic E-state index is 0.0386. The Balaban J connectivity index is 1.51. The Morgan fingerprint density at radius 3 is 1.80 bits per heavy atom. The van der Waals surface area contributed by atoms with Gasteiger partial charge in [-0.1, -0.05) is 91.0 Å². The first-order chi connectivity index (χ1) is 21.4. The molecule has 44 heavy (non-hydrogen) atoms. The molecule has 0 heterocycles. The van der Waals surface area contributed by atoms with Crippen LogP contribution < -0.4 is 16.0 Å². The fourth-order valence-electron chi connectivity index (χ4n) is 4.07. The van der Waals surface area contributed by atoms with Crippen LogP contribution in [0.3, 0.4) is 0 Å². The lowest BCUT2D eigenvalue weighted by molar-refractivity contribution is -0.144. The summed E-state index contributed by atoms with van der Waals surface area (Å²) in [7, 11) is 1.26. The van der Waals surface area contributed by atoms with Crippen LogP contribution in [0.5, 0.6) is 0 Å². The van der Waals surface area contributed by atoms with Crippen molar-refractivity contribution in [3.8, 4) is 0 Å². The number of methoxy groups -OCH3 is 1. The number of alkyl carbamates (subject to hydrolysis) is 2. The highest BCUT2D eigenvalue weighted by atomic mass is 32.2. The van der Waals surface area contributed by atoms with E-state index in [1.165, 1.54) is 18.9 Å². The number of amides is 3. The van der Waals surface area contributed by atoms with Crippen LogP contribution in [0.25, 0.3) is 0 Å². The predicted octanol–water partition coefficient (Wildman–Crippen LogP) is 4.97. The summed E-state index contributed by atoms with van der Waals surface area (Å²) in [6.07, 6.45) is -0.0396. The number of hydrogen-bond acceptors (Lipinski definition) is 8. The van der Waals surface area contributed by atoms with Gasteiger partial charge in [0, 0.05) is 18.1 Å². The van der Waals surface area contributed by atoms with E-state index < -0.39 is 36.1 Å². The third-order valence-electron chi connectivity index (χ3n) is 6.42. The molecule has 3 aromatic rings. The molecule has 234 valence electrons. The fourth-order valence-corrected chi connectivity index (χ4v) is 5.07. The quantitative estimate of drug-likeness (QED) is 0.109. The molecule has 0 fully saturated rings. The number of thioether (sulfide) groups is 1. The maximum absolute atomic E-state index is 13.3. The second-order valence-corrected chi connectivity index (χ2v) is 10.9.